The van der Waals surface area contributed by atoms with E-state index in [1.165, 1.54) is 11.3 Å². The summed E-state index contributed by atoms with van der Waals surface area (Å²) in [6.45, 7) is 2.51. The summed E-state index contributed by atoms with van der Waals surface area (Å²) in [7, 11) is 0. The topological polar surface area (TPSA) is 72.8 Å². The molecule has 4 aromatic rings. The third-order valence-electron chi connectivity index (χ3n) is 6.29. The van der Waals surface area contributed by atoms with Crippen LogP contribution in [0.2, 0.25) is 0 Å². The third-order valence-corrected chi connectivity index (χ3v) is 7.05. The molecular weight excluding hydrogens is 482 g/mol. The van der Waals surface area contributed by atoms with E-state index in [0.29, 0.717) is 23.4 Å². The molecule has 1 aliphatic carbocycles. The zero-order valence-corrected chi connectivity index (χ0v) is 21.5. The van der Waals surface area contributed by atoms with Gasteiger partial charge in [-0.15, -0.1) is 11.3 Å². The van der Waals surface area contributed by atoms with E-state index >= 15 is 0 Å². The average molecular weight is 512 g/mol. The minimum atomic E-state index is -0.720. The molecule has 0 unspecified atom stereocenters. The molecule has 0 aliphatic heterocycles. The molecule has 1 fully saturated rings. The molecule has 0 amide bonds. The predicted octanol–water partition coefficient (Wildman–Crippen LogP) is 6.24. The van der Waals surface area contributed by atoms with Gasteiger partial charge >= 0.3 is 5.97 Å². The number of thiazole rings is 1. The minimum absolute atomic E-state index is 0.0801. The average Bonchev–Trinajstić information content (AvgIpc) is 3.67. The molecule has 1 aliphatic rings. The quantitative estimate of drug-likeness (QED) is 0.112. The Kier molecular flexibility index (Phi) is 7.61. The van der Waals surface area contributed by atoms with Crippen molar-refractivity contribution < 1.29 is 14.4 Å². The van der Waals surface area contributed by atoms with Crippen LogP contribution in [0.15, 0.2) is 102 Å². The zero-order chi connectivity index (χ0) is 25.5. The number of aromatic nitrogens is 1. The fourth-order valence-corrected chi connectivity index (χ4v) is 5.01. The van der Waals surface area contributed by atoms with Crippen LogP contribution < -0.4 is 5.32 Å². The molecular formula is C30H29N3O3S. The first-order chi connectivity index (χ1) is 18.2. The van der Waals surface area contributed by atoms with Crippen molar-refractivity contribution in [1.29, 1.82) is 0 Å². The highest BCUT2D eigenvalue weighted by molar-refractivity contribution is 7.14. The number of hydrogen-bond acceptors (Lipinski definition) is 7. The second kappa shape index (κ2) is 11.4. The highest BCUT2D eigenvalue weighted by Gasteiger charge is 2.37. The van der Waals surface area contributed by atoms with Crippen molar-refractivity contribution in [3.8, 4) is 0 Å². The maximum atomic E-state index is 12.7. The van der Waals surface area contributed by atoms with Gasteiger partial charge < -0.3 is 14.9 Å². The van der Waals surface area contributed by atoms with Gasteiger partial charge in [-0.25, -0.2) is 9.78 Å². The Morgan fingerprint density at radius 1 is 0.946 bits per heavy atom. The summed E-state index contributed by atoms with van der Waals surface area (Å²) < 4.78 is 5.24. The second-order valence-electron chi connectivity index (χ2n) is 8.91. The number of carbonyl (C=O) groups is 1. The van der Waals surface area contributed by atoms with Crippen LogP contribution >= 0.6 is 11.3 Å². The van der Waals surface area contributed by atoms with Gasteiger partial charge in [0.05, 0.1) is 6.61 Å². The summed E-state index contributed by atoms with van der Waals surface area (Å²) >= 11 is 1.41. The number of rotatable bonds is 11. The van der Waals surface area contributed by atoms with Crippen molar-refractivity contribution in [2.24, 2.45) is 11.1 Å². The Morgan fingerprint density at radius 3 is 1.97 bits per heavy atom. The van der Waals surface area contributed by atoms with Gasteiger partial charge in [-0.2, -0.15) is 0 Å². The van der Waals surface area contributed by atoms with Gasteiger partial charge in [-0.3, -0.25) is 0 Å². The van der Waals surface area contributed by atoms with E-state index in [2.05, 4.69) is 46.9 Å². The molecule has 6 nitrogen and oxygen atoms in total. The van der Waals surface area contributed by atoms with Crippen molar-refractivity contribution >= 4 is 28.1 Å². The first kappa shape index (κ1) is 24.7. The van der Waals surface area contributed by atoms with Crippen molar-refractivity contribution in [2.75, 3.05) is 18.5 Å². The van der Waals surface area contributed by atoms with E-state index in [4.69, 9.17) is 14.6 Å². The molecule has 7 heteroatoms. The van der Waals surface area contributed by atoms with Crippen LogP contribution in [0.4, 0.5) is 5.13 Å². The number of hydrogen-bond donors (Lipinski definition) is 1. The molecule has 1 heterocycles. The summed E-state index contributed by atoms with van der Waals surface area (Å²) in [5, 5.41) is 10.3. The lowest BCUT2D eigenvalue weighted by Crippen LogP contribution is -2.38. The molecule has 1 saturated carbocycles. The maximum absolute atomic E-state index is 12.7. The first-order valence-electron chi connectivity index (χ1n) is 12.5. The number of carbonyl (C=O) groups excluding carboxylic acids is 1. The van der Waals surface area contributed by atoms with E-state index in [-0.39, 0.29) is 12.3 Å². The second-order valence-corrected chi connectivity index (χ2v) is 9.77. The lowest BCUT2D eigenvalue weighted by atomic mass is 9.77. The van der Waals surface area contributed by atoms with Crippen LogP contribution in [0.3, 0.4) is 0 Å². The fourth-order valence-electron chi connectivity index (χ4n) is 4.26. The number of ether oxygens (including phenoxy) is 1. The molecule has 0 spiro atoms. The van der Waals surface area contributed by atoms with Gasteiger partial charge in [0.15, 0.2) is 5.13 Å². The maximum Gasteiger partial charge on any atom is 0.362 e. The molecule has 3 aromatic carbocycles. The van der Waals surface area contributed by atoms with E-state index < -0.39 is 11.5 Å². The van der Waals surface area contributed by atoms with Crippen molar-refractivity contribution in [3.63, 3.8) is 0 Å². The molecule has 1 aromatic heterocycles. The summed E-state index contributed by atoms with van der Waals surface area (Å²) in [6.07, 6.45) is 2.27. The van der Waals surface area contributed by atoms with E-state index in [1.807, 2.05) is 60.0 Å². The van der Waals surface area contributed by atoms with Gasteiger partial charge in [0.25, 0.3) is 0 Å². The Labute approximate surface area is 221 Å². The smallest absolute Gasteiger partial charge is 0.362 e. The Bertz CT molecular complexity index is 1240. The van der Waals surface area contributed by atoms with Crippen molar-refractivity contribution in [2.45, 2.75) is 25.3 Å². The number of nitrogens with zero attached hydrogens (tertiary/aromatic N) is 2. The number of oxime groups is 1. The van der Waals surface area contributed by atoms with Crippen LogP contribution in [0.25, 0.3) is 0 Å². The molecule has 188 valence electrons. The highest BCUT2D eigenvalue weighted by atomic mass is 32.1. The molecule has 37 heavy (non-hydrogen) atoms. The van der Waals surface area contributed by atoms with E-state index in [1.54, 1.807) is 6.92 Å². The largest absolute Gasteiger partial charge is 0.461 e. The van der Waals surface area contributed by atoms with Gasteiger partial charge in [-0.1, -0.05) is 96.2 Å². The normalized spacial score (nSPS) is 13.7. The van der Waals surface area contributed by atoms with Crippen molar-refractivity contribution in [1.82, 2.24) is 4.98 Å². The van der Waals surface area contributed by atoms with Crippen molar-refractivity contribution in [3.05, 3.63) is 119 Å². The Hall–Kier alpha value is -3.97. The first-order valence-corrected chi connectivity index (χ1v) is 13.4. The lowest BCUT2D eigenvalue weighted by Gasteiger charge is -2.36. The summed E-state index contributed by atoms with van der Waals surface area (Å²) in [5.41, 5.74) is 2.98. The predicted molar refractivity (Wildman–Crippen MR) is 147 cm³/mol. The van der Waals surface area contributed by atoms with Crippen LogP contribution in [-0.4, -0.2) is 29.9 Å². The Balaban J connectivity index is 1.56. The minimum Gasteiger partial charge on any atom is -0.461 e. The summed E-state index contributed by atoms with van der Waals surface area (Å²) in [6, 6.07) is 30.9. The van der Waals surface area contributed by atoms with E-state index in [9.17, 15) is 4.79 Å². The molecule has 0 radical (unpaired) electrons. The van der Waals surface area contributed by atoms with E-state index in [0.717, 1.165) is 29.5 Å². The fraction of sp³-hybridized carbons (Fsp3) is 0.233. The summed E-state index contributed by atoms with van der Waals surface area (Å²) in [5.74, 6) is -0.0290. The van der Waals surface area contributed by atoms with Crippen LogP contribution in [0, 0.1) is 5.92 Å². The van der Waals surface area contributed by atoms with Gasteiger partial charge in [-0.05, 0) is 42.4 Å². The molecule has 0 saturated heterocycles. The lowest BCUT2D eigenvalue weighted by molar-refractivity contribution is -0.135. The molecule has 0 bridgehead atoms. The van der Waals surface area contributed by atoms with Gasteiger partial charge in [0, 0.05) is 5.38 Å². The summed E-state index contributed by atoms with van der Waals surface area (Å²) in [4.78, 5) is 23.0. The van der Waals surface area contributed by atoms with Crippen LogP contribution in [0.1, 0.15) is 42.1 Å². The highest BCUT2D eigenvalue weighted by Crippen LogP contribution is 2.40. The van der Waals surface area contributed by atoms with Gasteiger partial charge in [0.1, 0.15) is 17.8 Å². The number of nitrogens with one attached hydrogen (secondary N) is 1. The number of esters is 1. The molecule has 0 atom stereocenters. The Morgan fingerprint density at radius 2 is 1.49 bits per heavy atom. The SMILES string of the molecule is CCOC(=O)/C(=N\OCC1CC1)c1csc(NC(c2ccccc2)(c2ccccc2)c2ccccc2)n1. The monoisotopic (exact) mass is 511 g/mol. The van der Waals surface area contributed by atoms with Crippen LogP contribution in [-0.2, 0) is 19.9 Å². The molecule has 1 N–H and O–H groups in total. The van der Waals surface area contributed by atoms with Crippen LogP contribution in [0.5, 0.6) is 0 Å². The third kappa shape index (κ3) is 5.57. The molecule has 5 rings (SSSR count). The zero-order valence-electron chi connectivity index (χ0n) is 20.7. The standard InChI is InChI=1S/C30H29N3O3S/c1-2-35-28(34)27(33-36-20-22-18-19-22)26-21-37-29(31-26)32-30(23-12-6-3-7-13-23,24-14-8-4-9-15-24)25-16-10-5-11-17-25/h3-17,21-22H,2,18-20H2,1H3,(H,31,32)/b33-27-. The number of anilines is 1. The van der Waals surface area contributed by atoms with Gasteiger partial charge in [0.2, 0.25) is 5.71 Å². The number of benzene rings is 3.